The zero-order valence-electron chi connectivity index (χ0n) is 15.0. The minimum atomic E-state index is -0.827. The largest absolute Gasteiger partial charge is 0.352 e. The van der Waals surface area contributed by atoms with Gasteiger partial charge in [-0.15, -0.1) is 0 Å². The third-order valence-corrected chi connectivity index (χ3v) is 5.65. The molecule has 0 aromatic rings. The molecule has 2 atom stereocenters. The Kier molecular flexibility index (Phi) is 4.34. The fourth-order valence-electron chi connectivity index (χ4n) is 5.14. The normalized spacial score (nSPS) is 33.1. The average molecular weight is 335 g/mol. The van der Waals surface area contributed by atoms with Gasteiger partial charge in [-0.05, 0) is 43.4 Å². The van der Waals surface area contributed by atoms with E-state index in [0.717, 1.165) is 37.0 Å². The van der Waals surface area contributed by atoms with E-state index in [0.29, 0.717) is 18.8 Å². The maximum atomic E-state index is 13.0. The highest BCUT2D eigenvalue weighted by molar-refractivity contribution is 6.09. The average Bonchev–Trinajstić information content (AvgIpc) is 3.00. The van der Waals surface area contributed by atoms with Crippen LogP contribution in [0.25, 0.3) is 0 Å². The van der Waals surface area contributed by atoms with E-state index in [2.05, 4.69) is 31.4 Å². The van der Waals surface area contributed by atoms with Crippen LogP contribution in [0.2, 0.25) is 0 Å². The maximum Gasteiger partial charge on any atom is 0.325 e. The maximum absolute atomic E-state index is 13.0. The van der Waals surface area contributed by atoms with Crippen molar-refractivity contribution in [3.8, 4) is 0 Å². The Morgan fingerprint density at radius 2 is 1.92 bits per heavy atom. The molecule has 1 spiro atoms. The number of hydrogen-bond acceptors (Lipinski definition) is 3. The summed E-state index contributed by atoms with van der Waals surface area (Å²) in [6, 6.07) is -0.229. The molecule has 3 fully saturated rings. The van der Waals surface area contributed by atoms with Gasteiger partial charge in [0.2, 0.25) is 5.91 Å². The standard InChI is InChI=1S/C18H29N3O3/c1-12-8-17(2,3)11-18(9-12)15(23)21(16(24)20-18)10-14(22)19-13-6-4-5-7-13/h12-13H,4-11H2,1-3H3,(H,19,22)(H,20,24)/t12-,18-/m1/s1. The van der Waals surface area contributed by atoms with E-state index in [4.69, 9.17) is 0 Å². The van der Waals surface area contributed by atoms with E-state index in [1.54, 1.807) is 0 Å². The van der Waals surface area contributed by atoms with Crippen molar-refractivity contribution < 1.29 is 14.4 Å². The molecule has 0 unspecified atom stereocenters. The molecule has 0 radical (unpaired) electrons. The van der Waals surface area contributed by atoms with Crippen LogP contribution in [-0.2, 0) is 9.59 Å². The predicted molar refractivity (Wildman–Crippen MR) is 90.2 cm³/mol. The Balaban J connectivity index is 1.68. The fourth-order valence-corrected chi connectivity index (χ4v) is 5.14. The van der Waals surface area contributed by atoms with Crippen LogP contribution in [0.1, 0.15) is 65.7 Å². The summed E-state index contributed by atoms with van der Waals surface area (Å²) in [6.07, 6.45) is 6.56. The van der Waals surface area contributed by atoms with Crippen molar-refractivity contribution in [3.05, 3.63) is 0 Å². The summed E-state index contributed by atoms with van der Waals surface area (Å²) in [5.41, 5.74) is -0.825. The first-order chi connectivity index (χ1) is 11.2. The van der Waals surface area contributed by atoms with Gasteiger partial charge in [0.15, 0.2) is 0 Å². The molecule has 2 N–H and O–H groups in total. The molecule has 6 nitrogen and oxygen atoms in total. The molecule has 1 aliphatic heterocycles. The van der Waals surface area contributed by atoms with Gasteiger partial charge in [0, 0.05) is 6.04 Å². The van der Waals surface area contributed by atoms with Crippen LogP contribution >= 0.6 is 0 Å². The second-order valence-corrected chi connectivity index (χ2v) is 8.81. The summed E-state index contributed by atoms with van der Waals surface area (Å²) < 4.78 is 0. The van der Waals surface area contributed by atoms with Crippen LogP contribution in [0, 0.1) is 11.3 Å². The second kappa shape index (κ2) is 6.05. The number of carbonyl (C=O) groups excluding carboxylic acids is 3. The van der Waals surface area contributed by atoms with E-state index in [1.165, 1.54) is 0 Å². The SMILES string of the molecule is C[C@@H]1CC(C)(C)C[C@@]2(C1)NC(=O)N(CC(=O)NC1CCCC1)C2=O. The summed E-state index contributed by atoms with van der Waals surface area (Å²) >= 11 is 0. The third kappa shape index (κ3) is 3.28. The van der Waals surface area contributed by atoms with Gasteiger partial charge in [-0.3, -0.25) is 14.5 Å². The monoisotopic (exact) mass is 335 g/mol. The molecule has 1 saturated heterocycles. The Morgan fingerprint density at radius 3 is 2.54 bits per heavy atom. The van der Waals surface area contributed by atoms with Gasteiger partial charge in [0.25, 0.3) is 5.91 Å². The van der Waals surface area contributed by atoms with Crippen molar-refractivity contribution in [2.75, 3.05) is 6.54 Å². The molecule has 134 valence electrons. The molecule has 0 aromatic heterocycles. The van der Waals surface area contributed by atoms with Crippen LogP contribution in [0.15, 0.2) is 0 Å². The summed E-state index contributed by atoms with van der Waals surface area (Å²) in [5.74, 6) is -0.0930. The van der Waals surface area contributed by atoms with Crippen LogP contribution in [-0.4, -0.2) is 40.9 Å². The lowest BCUT2D eigenvalue weighted by atomic mass is 9.64. The number of urea groups is 1. The van der Waals surface area contributed by atoms with Gasteiger partial charge < -0.3 is 10.6 Å². The van der Waals surface area contributed by atoms with Gasteiger partial charge >= 0.3 is 6.03 Å². The molecule has 3 rings (SSSR count). The molecule has 2 aliphatic carbocycles. The lowest BCUT2D eigenvalue weighted by Crippen LogP contribution is -2.54. The van der Waals surface area contributed by atoms with Crippen LogP contribution < -0.4 is 10.6 Å². The Bertz CT molecular complexity index is 554. The molecule has 24 heavy (non-hydrogen) atoms. The summed E-state index contributed by atoms with van der Waals surface area (Å²) in [6.45, 7) is 6.23. The van der Waals surface area contributed by atoms with Gasteiger partial charge in [-0.1, -0.05) is 33.6 Å². The fraction of sp³-hybridized carbons (Fsp3) is 0.833. The second-order valence-electron chi connectivity index (χ2n) is 8.81. The first-order valence-electron chi connectivity index (χ1n) is 9.14. The third-order valence-electron chi connectivity index (χ3n) is 5.65. The number of hydrogen-bond donors (Lipinski definition) is 2. The molecular formula is C18H29N3O3. The number of nitrogens with zero attached hydrogens (tertiary/aromatic N) is 1. The van der Waals surface area contributed by atoms with Crippen molar-refractivity contribution in [3.63, 3.8) is 0 Å². The molecular weight excluding hydrogens is 306 g/mol. The molecule has 2 saturated carbocycles. The first-order valence-corrected chi connectivity index (χ1v) is 9.14. The lowest BCUT2D eigenvalue weighted by Gasteiger charge is -2.43. The van der Waals surface area contributed by atoms with Gasteiger partial charge in [-0.25, -0.2) is 4.79 Å². The minimum Gasteiger partial charge on any atom is -0.352 e. The van der Waals surface area contributed by atoms with E-state index in [9.17, 15) is 14.4 Å². The van der Waals surface area contributed by atoms with Crippen molar-refractivity contribution in [2.45, 2.75) is 77.3 Å². The molecule has 3 aliphatic rings. The van der Waals surface area contributed by atoms with Crippen molar-refractivity contribution in [2.24, 2.45) is 11.3 Å². The highest BCUT2D eigenvalue weighted by atomic mass is 16.2. The van der Waals surface area contributed by atoms with E-state index >= 15 is 0 Å². The summed E-state index contributed by atoms with van der Waals surface area (Å²) in [4.78, 5) is 38.7. The Morgan fingerprint density at radius 1 is 1.25 bits per heavy atom. The van der Waals surface area contributed by atoms with E-state index in [-0.39, 0.29) is 29.8 Å². The number of rotatable bonds is 3. The quantitative estimate of drug-likeness (QED) is 0.776. The van der Waals surface area contributed by atoms with Crippen LogP contribution in [0.4, 0.5) is 4.79 Å². The molecule has 6 heteroatoms. The number of amides is 4. The van der Waals surface area contributed by atoms with Crippen LogP contribution in [0.5, 0.6) is 0 Å². The van der Waals surface area contributed by atoms with E-state index < -0.39 is 11.6 Å². The first kappa shape index (κ1) is 17.2. The highest BCUT2D eigenvalue weighted by Gasteiger charge is 2.56. The Hall–Kier alpha value is -1.59. The number of imide groups is 1. The highest BCUT2D eigenvalue weighted by Crippen LogP contribution is 2.46. The lowest BCUT2D eigenvalue weighted by molar-refractivity contribution is -0.137. The Labute approximate surface area is 143 Å². The van der Waals surface area contributed by atoms with Gasteiger partial charge in [-0.2, -0.15) is 0 Å². The molecule has 0 bridgehead atoms. The summed E-state index contributed by atoms with van der Waals surface area (Å²) in [7, 11) is 0. The molecule has 0 aromatic carbocycles. The van der Waals surface area contributed by atoms with Crippen LogP contribution in [0.3, 0.4) is 0 Å². The number of carbonyl (C=O) groups is 3. The van der Waals surface area contributed by atoms with Crippen molar-refractivity contribution in [1.29, 1.82) is 0 Å². The van der Waals surface area contributed by atoms with Gasteiger partial charge in [0.05, 0.1) is 0 Å². The van der Waals surface area contributed by atoms with Crippen molar-refractivity contribution in [1.82, 2.24) is 15.5 Å². The van der Waals surface area contributed by atoms with E-state index in [1.807, 2.05) is 0 Å². The topological polar surface area (TPSA) is 78.5 Å². The minimum absolute atomic E-state index is 0.00270. The summed E-state index contributed by atoms with van der Waals surface area (Å²) in [5, 5.41) is 5.86. The predicted octanol–water partition coefficient (Wildman–Crippen LogP) is 2.18. The molecule has 1 heterocycles. The zero-order valence-corrected chi connectivity index (χ0v) is 15.0. The zero-order chi connectivity index (χ0) is 17.5. The smallest absolute Gasteiger partial charge is 0.325 e. The number of nitrogens with one attached hydrogen (secondary N) is 2. The van der Waals surface area contributed by atoms with Crippen molar-refractivity contribution >= 4 is 17.8 Å². The molecule has 4 amide bonds. The van der Waals surface area contributed by atoms with Gasteiger partial charge in [0.1, 0.15) is 12.1 Å².